The van der Waals surface area contributed by atoms with Gasteiger partial charge in [0.15, 0.2) is 5.78 Å². The van der Waals surface area contributed by atoms with Crippen LogP contribution in [0.3, 0.4) is 0 Å². The average molecular weight is 222 g/mol. The predicted octanol–water partition coefficient (Wildman–Crippen LogP) is 3.03. The molecule has 3 heteroatoms. The van der Waals surface area contributed by atoms with Crippen LogP contribution in [-0.4, -0.2) is 20.0 Å². The Morgan fingerprint density at radius 2 is 1.56 bits per heavy atom. The third-order valence-electron chi connectivity index (χ3n) is 2.53. The lowest BCUT2D eigenvalue weighted by atomic mass is 9.98. The van der Waals surface area contributed by atoms with E-state index in [1.165, 1.54) is 6.92 Å². The fraction of sp³-hybridized carbons (Fsp3) is 0.462. The van der Waals surface area contributed by atoms with Gasteiger partial charge < -0.3 is 9.47 Å². The standard InChI is InChI=1S/C13H18O3/c1-8(2)13-11(15-4)6-10(9(3)14)7-12(13)16-5/h6-8H,1-5H3. The minimum Gasteiger partial charge on any atom is -0.496 e. The van der Waals surface area contributed by atoms with E-state index in [0.29, 0.717) is 17.1 Å². The van der Waals surface area contributed by atoms with Crippen molar-refractivity contribution in [3.05, 3.63) is 23.3 Å². The molecule has 0 atom stereocenters. The molecule has 0 fully saturated rings. The molecular formula is C13H18O3. The van der Waals surface area contributed by atoms with Gasteiger partial charge >= 0.3 is 0 Å². The second kappa shape index (κ2) is 5.01. The molecule has 0 saturated carbocycles. The number of ether oxygens (including phenoxy) is 2. The number of benzene rings is 1. The highest BCUT2D eigenvalue weighted by Crippen LogP contribution is 2.36. The average Bonchev–Trinajstić information content (AvgIpc) is 2.26. The quantitative estimate of drug-likeness (QED) is 0.734. The van der Waals surface area contributed by atoms with E-state index in [9.17, 15) is 4.79 Å². The van der Waals surface area contributed by atoms with E-state index < -0.39 is 0 Å². The van der Waals surface area contributed by atoms with Crippen molar-refractivity contribution in [2.45, 2.75) is 26.7 Å². The highest BCUT2D eigenvalue weighted by atomic mass is 16.5. The summed E-state index contributed by atoms with van der Waals surface area (Å²) in [6.45, 7) is 5.66. The Morgan fingerprint density at radius 1 is 1.12 bits per heavy atom. The summed E-state index contributed by atoms with van der Waals surface area (Å²) < 4.78 is 10.6. The van der Waals surface area contributed by atoms with Gasteiger partial charge in [0, 0.05) is 11.1 Å². The molecule has 0 amide bonds. The number of methoxy groups -OCH3 is 2. The van der Waals surface area contributed by atoms with Gasteiger partial charge in [0.25, 0.3) is 0 Å². The van der Waals surface area contributed by atoms with Gasteiger partial charge in [-0.05, 0) is 25.0 Å². The van der Waals surface area contributed by atoms with Crippen molar-refractivity contribution in [2.24, 2.45) is 0 Å². The van der Waals surface area contributed by atoms with Crippen molar-refractivity contribution in [3.63, 3.8) is 0 Å². The van der Waals surface area contributed by atoms with Crippen molar-refractivity contribution in [1.82, 2.24) is 0 Å². The molecule has 0 radical (unpaired) electrons. The summed E-state index contributed by atoms with van der Waals surface area (Å²) in [6, 6.07) is 3.53. The summed E-state index contributed by atoms with van der Waals surface area (Å²) in [4.78, 5) is 11.4. The first-order valence-corrected chi connectivity index (χ1v) is 5.28. The molecule has 0 heterocycles. The second-order valence-electron chi connectivity index (χ2n) is 4.01. The molecule has 1 aromatic rings. The largest absolute Gasteiger partial charge is 0.496 e. The van der Waals surface area contributed by atoms with E-state index in [4.69, 9.17) is 9.47 Å². The van der Waals surface area contributed by atoms with Gasteiger partial charge in [0.2, 0.25) is 0 Å². The topological polar surface area (TPSA) is 35.5 Å². The molecule has 0 aliphatic rings. The van der Waals surface area contributed by atoms with Gasteiger partial charge in [-0.1, -0.05) is 13.8 Å². The monoisotopic (exact) mass is 222 g/mol. The highest BCUT2D eigenvalue weighted by molar-refractivity contribution is 5.95. The van der Waals surface area contributed by atoms with Gasteiger partial charge in [-0.25, -0.2) is 0 Å². The van der Waals surface area contributed by atoms with Crippen LogP contribution in [0.5, 0.6) is 11.5 Å². The maximum atomic E-state index is 11.4. The van der Waals surface area contributed by atoms with Crippen LogP contribution in [0.25, 0.3) is 0 Å². The fourth-order valence-corrected chi connectivity index (χ4v) is 1.71. The Labute approximate surface area is 96.4 Å². The zero-order chi connectivity index (χ0) is 12.3. The van der Waals surface area contributed by atoms with E-state index in [-0.39, 0.29) is 11.7 Å². The Hall–Kier alpha value is -1.51. The lowest BCUT2D eigenvalue weighted by molar-refractivity contribution is 0.101. The summed E-state index contributed by atoms with van der Waals surface area (Å²) in [7, 11) is 3.20. The van der Waals surface area contributed by atoms with E-state index in [1.54, 1.807) is 26.4 Å². The molecule has 0 aliphatic heterocycles. The van der Waals surface area contributed by atoms with Crippen molar-refractivity contribution in [2.75, 3.05) is 14.2 Å². The predicted molar refractivity (Wildman–Crippen MR) is 63.6 cm³/mol. The van der Waals surface area contributed by atoms with Crippen molar-refractivity contribution < 1.29 is 14.3 Å². The van der Waals surface area contributed by atoms with Crippen LogP contribution in [-0.2, 0) is 0 Å². The lowest BCUT2D eigenvalue weighted by Crippen LogP contribution is -2.02. The second-order valence-corrected chi connectivity index (χ2v) is 4.01. The molecule has 0 saturated heterocycles. The number of rotatable bonds is 4. The molecule has 0 bridgehead atoms. The van der Waals surface area contributed by atoms with Crippen LogP contribution in [0.4, 0.5) is 0 Å². The molecule has 88 valence electrons. The van der Waals surface area contributed by atoms with Crippen LogP contribution >= 0.6 is 0 Å². The maximum Gasteiger partial charge on any atom is 0.160 e. The first-order valence-electron chi connectivity index (χ1n) is 5.28. The van der Waals surface area contributed by atoms with E-state index in [2.05, 4.69) is 13.8 Å². The van der Waals surface area contributed by atoms with E-state index in [0.717, 1.165) is 5.56 Å². The first kappa shape index (κ1) is 12.6. The Balaban J connectivity index is 3.42. The van der Waals surface area contributed by atoms with E-state index >= 15 is 0 Å². The number of hydrogen-bond donors (Lipinski definition) is 0. The first-order chi connectivity index (χ1) is 7.51. The summed E-state index contributed by atoms with van der Waals surface area (Å²) in [5, 5.41) is 0. The molecule has 0 N–H and O–H groups in total. The molecule has 1 aromatic carbocycles. The molecule has 16 heavy (non-hydrogen) atoms. The van der Waals surface area contributed by atoms with Crippen molar-refractivity contribution >= 4 is 5.78 Å². The van der Waals surface area contributed by atoms with Crippen LogP contribution in [0.2, 0.25) is 0 Å². The number of hydrogen-bond acceptors (Lipinski definition) is 3. The lowest BCUT2D eigenvalue weighted by Gasteiger charge is -2.17. The SMILES string of the molecule is COc1cc(C(C)=O)cc(OC)c1C(C)C. The van der Waals surface area contributed by atoms with Gasteiger partial charge in [0.1, 0.15) is 11.5 Å². The summed E-state index contributed by atoms with van der Waals surface area (Å²) >= 11 is 0. The molecule has 3 nitrogen and oxygen atoms in total. The number of carbonyl (C=O) groups excluding carboxylic acids is 1. The zero-order valence-corrected chi connectivity index (χ0v) is 10.5. The smallest absolute Gasteiger partial charge is 0.160 e. The molecule has 0 aliphatic carbocycles. The van der Waals surface area contributed by atoms with Crippen LogP contribution < -0.4 is 9.47 Å². The maximum absolute atomic E-state index is 11.4. The Kier molecular flexibility index (Phi) is 3.93. The molecule has 0 unspecified atom stereocenters. The Morgan fingerprint density at radius 3 is 1.81 bits per heavy atom. The zero-order valence-electron chi connectivity index (χ0n) is 10.5. The third kappa shape index (κ3) is 2.35. The molecule has 0 aromatic heterocycles. The van der Waals surface area contributed by atoms with Crippen LogP contribution in [0, 0.1) is 0 Å². The summed E-state index contributed by atoms with van der Waals surface area (Å²) in [5.74, 6) is 1.71. The molecule has 0 spiro atoms. The van der Waals surface area contributed by atoms with Crippen molar-refractivity contribution in [3.8, 4) is 11.5 Å². The minimum atomic E-state index is 0.00639. The Bertz CT molecular complexity index is 369. The number of ketones is 1. The summed E-state index contributed by atoms with van der Waals surface area (Å²) in [6.07, 6.45) is 0. The number of Topliss-reactive ketones (excluding diaryl/α,β-unsaturated/α-hetero) is 1. The van der Waals surface area contributed by atoms with Crippen molar-refractivity contribution in [1.29, 1.82) is 0 Å². The van der Waals surface area contributed by atoms with Gasteiger partial charge in [-0.3, -0.25) is 4.79 Å². The molecule has 1 rings (SSSR count). The van der Waals surface area contributed by atoms with Gasteiger partial charge in [0.05, 0.1) is 14.2 Å². The van der Waals surface area contributed by atoms with Gasteiger partial charge in [-0.15, -0.1) is 0 Å². The van der Waals surface area contributed by atoms with Gasteiger partial charge in [-0.2, -0.15) is 0 Å². The fourth-order valence-electron chi connectivity index (χ4n) is 1.71. The van der Waals surface area contributed by atoms with E-state index in [1.807, 2.05) is 0 Å². The highest BCUT2D eigenvalue weighted by Gasteiger charge is 2.16. The normalized spacial score (nSPS) is 10.4. The third-order valence-corrected chi connectivity index (χ3v) is 2.53. The summed E-state index contributed by atoms with van der Waals surface area (Å²) in [5.41, 5.74) is 1.60. The van der Waals surface area contributed by atoms with Crippen LogP contribution in [0.15, 0.2) is 12.1 Å². The minimum absolute atomic E-state index is 0.00639. The van der Waals surface area contributed by atoms with Crippen LogP contribution in [0.1, 0.15) is 42.6 Å². The number of carbonyl (C=O) groups is 1. The molecular weight excluding hydrogens is 204 g/mol.